The molecule has 0 bridgehead atoms. The van der Waals surface area contributed by atoms with Crippen molar-refractivity contribution >= 4 is 5.97 Å². The number of aliphatic carboxylic acids is 1. The monoisotopic (exact) mass is 212 g/mol. The summed E-state index contributed by atoms with van der Waals surface area (Å²) in [5.74, 6) is -2.09. The van der Waals surface area contributed by atoms with Gasteiger partial charge in [0.2, 0.25) is 0 Å². The van der Waals surface area contributed by atoms with Gasteiger partial charge in [-0.1, -0.05) is 6.92 Å². The van der Waals surface area contributed by atoms with E-state index in [0.29, 0.717) is 11.1 Å². The van der Waals surface area contributed by atoms with Gasteiger partial charge in [-0.15, -0.1) is 0 Å². The predicted octanol–water partition coefficient (Wildman–Crippen LogP) is 2.10. The van der Waals surface area contributed by atoms with E-state index in [2.05, 4.69) is 0 Å². The highest BCUT2D eigenvalue weighted by Gasteiger charge is 2.17. The summed E-state index contributed by atoms with van der Waals surface area (Å²) in [6.07, 6.45) is 0.130. The van der Waals surface area contributed by atoms with Crippen LogP contribution in [0.1, 0.15) is 18.1 Å². The zero-order valence-corrected chi connectivity index (χ0v) is 8.62. The largest absolute Gasteiger partial charge is 0.508 e. The first-order chi connectivity index (χ1) is 6.93. The van der Waals surface area contributed by atoms with Crippen molar-refractivity contribution in [1.82, 2.24) is 0 Å². The second-order valence-electron chi connectivity index (χ2n) is 3.61. The van der Waals surface area contributed by atoms with Crippen LogP contribution in [0.25, 0.3) is 0 Å². The topological polar surface area (TPSA) is 57.5 Å². The number of halogens is 1. The van der Waals surface area contributed by atoms with E-state index in [9.17, 15) is 14.3 Å². The third kappa shape index (κ3) is 2.46. The molecule has 4 heteroatoms. The summed E-state index contributed by atoms with van der Waals surface area (Å²) >= 11 is 0. The highest BCUT2D eigenvalue weighted by atomic mass is 19.1. The fourth-order valence-electron chi connectivity index (χ4n) is 1.37. The molecule has 0 aliphatic rings. The number of carbonyl (C=O) groups is 1. The van der Waals surface area contributed by atoms with Crippen molar-refractivity contribution in [2.24, 2.45) is 5.92 Å². The van der Waals surface area contributed by atoms with E-state index in [1.807, 2.05) is 0 Å². The van der Waals surface area contributed by atoms with Crippen LogP contribution in [0.15, 0.2) is 12.1 Å². The molecule has 1 atom stereocenters. The van der Waals surface area contributed by atoms with Crippen LogP contribution in [0.2, 0.25) is 0 Å². The zero-order valence-electron chi connectivity index (χ0n) is 8.62. The molecular formula is C11H13FO3. The SMILES string of the molecule is Cc1c(F)ccc(O)c1CC(C)C(=O)O. The molecule has 0 radical (unpaired) electrons. The van der Waals surface area contributed by atoms with E-state index >= 15 is 0 Å². The second-order valence-corrected chi connectivity index (χ2v) is 3.61. The summed E-state index contributed by atoms with van der Waals surface area (Å²) in [6.45, 7) is 3.05. The van der Waals surface area contributed by atoms with Crippen molar-refractivity contribution in [3.63, 3.8) is 0 Å². The normalized spacial score (nSPS) is 12.5. The van der Waals surface area contributed by atoms with Crippen molar-refractivity contribution in [3.05, 3.63) is 29.1 Å². The van der Waals surface area contributed by atoms with Crippen LogP contribution in [0.4, 0.5) is 4.39 Å². The highest BCUT2D eigenvalue weighted by molar-refractivity contribution is 5.70. The molecule has 0 amide bonds. The fourth-order valence-corrected chi connectivity index (χ4v) is 1.37. The van der Waals surface area contributed by atoms with Crippen molar-refractivity contribution in [3.8, 4) is 5.75 Å². The van der Waals surface area contributed by atoms with Crippen LogP contribution >= 0.6 is 0 Å². The van der Waals surface area contributed by atoms with Gasteiger partial charge in [0.15, 0.2) is 0 Å². The maximum absolute atomic E-state index is 13.2. The average Bonchev–Trinajstić information content (AvgIpc) is 2.18. The standard InChI is InChI=1S/C11H13FO3/c1-6(11(14)15)5-8-7(2)9(12)3-4-10(8)13/h3-4,6,13H,5H2,1-2H3,(H,14,15). The highest BCUT2D eigenvalue weighted by Crippen LogP contribution is 2.25. The maximum Gasteiger partial charge on any atom is 0.306 e. The average molecular weight is 212 g/mol. The Balaban J connectivity index is 3.03. The lowest BCUT2D eigenvalue weighted by molar-refractivity contribution is -0.141. The zero-order chi connectivity index (χ0) is 11.6. The van der Waals surface area contributed by atoms with E-state index < -0.39 is 17.7 Å². The minimum absolute atomic E-state index is 0.0537. The third-order valence-corrected chi connectivity index (χ3v) is 2.44. The van der Waals surface area contributed by atoms with Crippen LogP contribution in [0.5, 0.6) is 5.75 Å². The van der Waals surface area contributed by atoms with E-state index in [1.54, 1.807) is 0 Å². The molecule has 0 heterocycles. The Morgan fingerprint density at radius 1 is 1.53 bits per heavy atom. The van der Waals surface area contributed by atoms with Gasteiger partial charge in [0.05, 0.1) is 5.92 Å². The molecule has 0 saturated heterocycles. The second kappa shape index (κ2) is 4.29. The Kier molecular flexibility index (Phi) is 3.29. The van der Waals surface area contributed by atoms with Gasteiger partial charge in [0, 0.05) is 5.56 Å². The van der Waals surface area contributed by atoms with Crippen LogP contribution in [-0.2, 0) is 11.2 Å². The molecule has 82 valence electrons. The third-order valence-electron chi connectivity index (χ3n) is 2.44. The van der Waals surface area contributed by atoms with Crippen LogP contribution < -0.4 is 0 Å². The number of hydrogen-bond donors (Lipinski definition) is 2. The number of carboxylic acid groups (broad SMARTS) is 1. The van der Waals surface area contributed by atoms with Crippen LogP contribution in [0, 0.1) is 18.7 Å². The van der Waals surface area contributed by atoms with Crippen molar-refractivity contribution in [1.29, 1.82) is 0 Å². The molecule has 1 unspecified atom stereocenters. The van der Waals surface area contributed by atoms with Gasteiger partial charge in [-0.05, 0) is 31.0 Å². The fraction of sp³-hybridized carbons (Fsp3) is 0.364. The lowest BCUT2D eigenvalue weighted by Gasteiger charge is -2.11. The molecule has 0 fully saturated rings. The number of hydrogen-bond acceptors (Lipinski definition) is 2. The van der Waals surface area contributed by atoms with E-state index in [0.717, 1.165) is 0 Å². The first-order valence-corrected chi connectivity index (χ1v) is 4.63. The Morgan fingerprint density at radius 3 is 2.67 bits per heavy atom. The number of aromatic hydroxyl groups is 1. The predicted molar refractivity (Wildman–Crippen MR) is 53.3 cm³/mol. The molecule has 0 aliphatic carbocycles. The lowest BCUT2D eigenvalue weighted by atomic mass is 9.96. The summed E-state index contributed by atoms with van der Waals surface area (Å²) < 4.78 is 13.2. The summed E-state index contributed by atoms with van der Waals surface area (Å²) in [5.41, 5.74) is 0.674. The summed E-state index contributed by atoms with van der Waals surface area (Å²) in [6, 6.07) is 2.41. The Morgan fingerprint density at radius 2 is 2.13 bits per heavy atom. The molecule has 0 saturated carbocycles. The number of benzene rings is 1. The molecule has 1 aromatic rings. The number of phenolic OH excluding ortho intramolecular Hbond substituents is 1. The number of rotatable bonds is 3. The summed E-state index contributed by atoms with van der Waals surface area (Å²) in [4.78, 5) is 10.6. The van der Waals surface area contributed by atoms with Crippen molar-refractivity contribution in [2.75, 3.05) is 0 Å². The maximum atomic E-state index is 13.2. The van der Waals surface area contributed by atoms with Gasteiger partial charge in [-0.3, -0.25) is 4.79 Å². The van der Waals surface area contributed by atoms with Crippen LogP contribution in [-0.4, -0.2) is 16.2 Å². The minimum atomic E-state index is -0.960. The first kappa shape index (κ1) is 11.5. The molecule has 15 heavy (non-hydrogen) atoms. The molecule has 2 N–H and O–H groups in total. The Hall–Kier alpha value is -1.58. The molecule has 3 nitrogen and oxygen atoms in total. The number of carboxylic acids is 1. The van der Waals surface area contributed by atoms with Gasteiger partial charge in [0.1, 0.15) is 11.6 Å². The molecule has 0 aromatic heterocycles. The van der Waals surface area contributed by atoms with Gasteiger partial charge in [-0.25, -0.2) is 4.39 Å². The summed E-state index contributed by atoms with van der Waals surface area (Å²) in [7, 11) is 0. The Bertz CT molecular complexity index is 388. The molecule has 0 spiro atoms. The van der Waals surface area contributed by atoms with E-state index in [4.69, 9.17) is 5.11 Å². The van der Waals surface area contributed by atoms with Gasteiger partial charge in [0.25, 0.3) is 0 Å². The quantitative estimate of drug-likeness (QED) is 0.806. The number of phenols is 1. The van der Waals surface area contributed by atoms with Gasteiger partial charge < -0.3 is 10.2 Å². The van der Waals surface area contributed by atoms with Crippen molar-refractivity contribution in [2.45, 2.75) is 20.3 Å². The smallest absolute Gasteiger partial charge is 0.306 e. The van der Waals surface area contributed by atoms with Crippen LogP contribution in [0.3, 0.4) is 0 Å². The molecule has 1 rings (SSSR count). The lowest BCUT2D eigenvalue weighted by Crippen LogP contribution is -2.13. The molecular weight excluding hydrogens is 199 g/mol. The Labute approximate surface area is 87.2 Å². The molecule has 1 aromatic carbocycles. The van der Waals surface area contributed by atoms with Crippen molar-refractivity contribution < 1.29 is 19.4 Å². The summed E-state index contributed by atoms with van der Waals surface area (Å²) in [5, 5.41) is 18.2. The van der Waals surface area contributed by atoms with E-state index in [1.165, 1.54) is 26.0 Å². The van der Waals surface area contributed by atoms with E-state index in [-0.39, 0.29) is 12.2 Å². The van der Waals surface area contributed by atoms with Gasteiger partial charge >= 0.3 is 5.97 Å². The molecule has 0 aliphatic heterocycles. The first-order valence-electron chi connectivity index (χ1n) is 4.63. The van der Waals surface area contributed by atoms with Gasteiger partial charge in [-0.2, -0.15) is 0 Å². The minimum Gasteiger partial charge on any atom is -0.508 e.